The van der Waals surface area contributed by atoms with E-state index in [1.165, 1.54) is 12.5 Å². The number of aromatic nitrogens is 2. The highest BCUT2D eigenvalue weighted by atomic mass is 19.1. The molecule has 0 bridgehead atoms. The highest BCUT2D eigenvalue weighted by molar-refractivity contribution is 5.38. The highest BCUT2D eigenvalue weighted by Crippen LogP contribution is 2.25. The number of rotatable bonds is 2. The summed E-state index contributed by atoms with van der Waals surface area (Å²) in [6.45, 7) is 2.94. The fraction of sp³-hybridized carbons (Fsp3) is 0.357. The topological polar surface area (TPSA) is 29.9 Å². The summed E-state index contributed by atoms with van der Waals surface area (Å²) in [5, 5.41) is 3.44. The Labute approximate surface area is 106 Å². The van der Waals surface area contributed by atoms with E-state index in [0.717, 1.165) is 29.9 Å². The van der Waals surface area contributed by atoms with Gasteiger partial charge in [0.15, 0.2) is 0 Å². The minimum absolute atomic E-state index is 0.205. The predicted molar refractivity (Wildman–Crippen MR) is 68.2 cm³/mol. The molecule has 94 valence electrons. The lowest BCUT2D eigenvalue weighted by molar-refractivity contribution is 0.609. The van der Waals surface area contributed by atoms with Crippen molar-refractivity contribution in [2.75, 3.05) is 6.54 Å². The van der Waals surface area contributed by atoms with Crippen LogP contribution in [0.5, 0.6) is 0 Å². The smallest absolute Gasteiger partial charge is 0.125 e. The van der Waals surface area contributed by atoms with Crippen LogP contribution >= 0.6 is 0 Å². The Morgan fingerprint density at radius 1 is 1.39 bits per heavy atom. The monoisotopic (exact) mass is 245 g/mol. The number of nitrogens with zero attached hydrogens (tertiary/aromatic N) is 2. The Morgan fingerprint density at radius 2 is 2.28 bits per heavy atom. The van der Waals surface area contributed by atoms with Crippen molar-refractivity contribution < 1.29 is 4.39 Å². The van der Waals surface area contributed by atoms with Gasteiger partial charge >= 0.3 is 0 Å². The highest BCUT2D eigenvalue weighted by Gasteiger charge is 2.20. The molecule has 1 fully saturated rings. The van der Waals surface area contributed by atoms with Gasteiger partial charge in [0.05, 0.1) is 18.2 Å². The summed E-state index contributed by atoms with van der Waals surface area (Å²) in [5.41, 5.74) is 2.87. The zero-order valence-corrected chi connectivity index (χ0v) is 10.4. The first-order valence-electron chi connectivity index (χ1n) is 6.27. The molecule has 0 amide bonds. The van der Waals surface area contributed by atoms with Crippen molar-refractivity contribution in [3.05, 3.63) is 47.8 Å². The van der Waals surface area contributed by atoms with Crippen LogP contribution in [-0.4, -0.2) is 16.1 Å². The molecule has 1 N–H and O–H groups in total. The lowest BCUT2D eigenvalue weighted by atomic mass is 10.1. The molecule has 1 atom stereocenters. The van der Waals surface area contributed by atoms with Gasteiger partial charge in [-0.2, -0.15) is 0 Å². The summed E-state index contributed by atoms with van der Waals surface area (Å²) in [6.07, 6.45) is 5.91. The van der Waals surface area contributed by atoms with Crippen LogP contribution in [0.25, 0.3) is 5.69 Å². The van der Waals surface area contributed by atoms with Crippen molar-refractivity contribution >= 4 is 0 Å². The average molecular weight is 245 g/mol. The molecule has 1 aromatic carbocycles. The van der Waals surface area contributed by atoms with Gasteiger partial charge in [0.25, 0.3) is 0 Å². The molecule has 0 radical (unpaired) electrons. The second-order valence-electron chi connectivity index (χ2n) is 4.82. The quantitative estimate of drug-likeness (QED) is 0.881. The summed E-state index contributed by atoms with van der Waals surface area (Å²) < 4.78 is 15.5. The first-order valence-corrected chi connectivity index (χ1v) is 6.27. The standard InChI is InChI=1S/C14H16FN3/c1-10-5-11(15)7-12(6-10)18-9-16-8-14(18)13-3-2-4-17-13/h5-9,13,17H,2-4H2,1H3/t13-/m0/s1. The maximum absolute atomic E-state index is 13.5. The molecule has 3 rings (SSSR count). The van der Waals surface area contributed by atoms with E-state index in [2.05, 4.69) is 10.3 Å². The molecule has 2 aromatic rings. The Kier molecular flexibility index (Phi) is 2.88. The van der Waals surface area contributed by atoms with Crippen molar-refractivity contribution in [2.45, 2.75) is 25.8 Å². The fourth-order valence-electron chi connectivity index (χ4n) is 2.57. The third-order valence-electron chi connectivity index (χ3n) is 3.39. The Morgan fingerprint density at radius 3 is 3.00 bits per heavy atom. The van der Waals surface area contributed by atoms with Gasteiger partial charge in [-0.25, -0.2) is 9.37 Å². The summed E-state index contributed by atoms with van der Waals surface area (Å²) >= 11 is 0. The van der Waals surface area contributed by atoms with Crippen LogP contribution in [0.2, 0.25) is 0 Å². The van der Waals surface area contributed by atoms with Gasteiger partial charge in [-0.05, 0) is 50.1 Å². The third-order valence-corrected chi connectivity index (χ3v) is 3.39. The maximum atomic E-state index is 13.5. The van der Waals surface area contributed by atoms with Crippen molar-refractivity contribution in [3.8, 4) is 5.69 Å². The molecular weight excluding hydrogens is 229 g/mol. The summed E-state index contributed by atoms with van der Waals surface area (Å²) in [6, 6.07) is 5.39. The molecule has 1 aliphatic rings. The molecule has 3 nitrogen and oxygen atoms in total. The van der Waals surface area contributed by atoms with Gasteiger partial charge in [-0.15, -0.1) is 0 Å². The van der Waals surface area contributed by atoms with Crippen LogP contribution < -0.4 is 5.32 Å². The minimum Gasteiger partial charge on any atom is -0.309 e. The number of imidazole rings is 1. The van der Waals surface area contributed by atoms with Crippen LogP contribution in [-0.2, 0) is 0 Å². The Balaban J connectivity index is 2.03. The minimum atomic E-state index is -0.205. The van der Waals surface area contributed by atoms with Gasteiger partial charge in [0, 0.05) is 11.7 Å². The number of halogens is 1. The first kappa shape index (κ1) is 11.4. The van der Waals surface area contributed by atoms with E-state index in [0.29, 0.717) is 6.04 Å². The van der Waals surface area contributed by atoms with E-state index in [4.69, 9.17) is 0 Å². The van der Waals surface area contributed by atoms with E-state index in [1.807, 2.05) is 23.8 Å². The van der Waals surface area contributed by atoms with Gasteiger partial charge < -0.3 is 9.88 Å². The van der Waals surface area contributed by atoms with Gasteiger partial charge in [0.1, 0.15) is 5.82 Å². The SMILES string of the molecule is Cc1cc(F)cc(-n2cncc2[C@@H]2CCCN2)c1. The molecule has 0 unspecified atom stereocenters. The van der Waals surface area contributed by atoms with E-state index in [1.54, 1.807) is 12.4 Å². The molecule has 4 heteroatoms. The molecule has 0 saturated carbocycles. The molecular formula is C14H16FN3. The zero-order chi connectivity index (χ0) is 12.5. The van der Waals surface area contributed by atoms with Gasteiger partial charge in [0.2, 0.25) is 0 Å². The second kappa shape index (κ2) is 4.53. The number of benzene rings is 1. The van der Waals surface area contributed by atoms with E-state index >= 15 is 0 Å². The largest absolute Gasteiger partial charge is 0.309 e. The van der Waals surface area contributed by atoms with Crippen LogP contribution in [0.1, 0.15) is 30.1 Å². The first-order chi connectivity index (χ1) is 8.74. The molecule has 1 aliphatic heterocycles. The predicted octanol–water partition coefficient (Wildman–Crippen LogP) is 2.74. The van der Waals surface area contributed by atoms with Crippen LogP contribution in [0.3, 0.4) is 0 Å². The molecule has 1 aromatic heterocycles. The number of aryl methyl sites for hydroxylation is 1. The van der Waals surface area contributed by atoms with Crippen molar-refractivity contribution in [1.82, 2.24) is 14.9 Å². The van der Waals surface area contributed by atoms with Crippen LogP contribution in [0.15, 0.2) is 30.7 Å². The third kappa shape index (κ3) is 2.04. The average Bonchev–Trinajstić information content (AvgIpc) is 2.98. The van der Waals surface area contributed by atoms with Crippen molar-refractivity contribution in [2.24, 2.45) is 0 Å². The van der Waals surface area contributed by atoms with Gasteiger partial charge in [-0.3, -0.25) is 0 Å². The summed E-state index contributed by atoms with van der Waals surface area (Å²) in [7, 11) is 0. The van der Waals surface area contributed by atoms with E-state index < -0.39 is 0 Å². The summed E-state index contributed by atoms with van der Waals surface area (Å²) in [5.74, 6) is -0.205. The van der Waals surface area contributed by atoms with Crippen LogP contribution in [0, 0.1) is 12.7 Å². The van der Waals surface area contributed by atoms with Crippen LogP contribution in [0.4, 0.5) is 4.39 Å². The molecule has 1 saturated heterocycles. The number of hydrogen-bond donors (Lipinski definition) is 1. The Bertz CT molecular complexity index is 536. The lowest BCUT2D eigenvalue weighted by Crippen LogP contribution is -2.16. The van der Waals surface area contributed by atoms with Gasteiger partial charge in [-0.1, -0.05) is 0 Å². The van der Waals surface area contributed by atoms with E-state index in [9.17, 15) is 4.39 Å². The number of hydrogen-bond acceptors (Lipinski definition) is 2. The second-order valence-corrected chi connectivity index (χ2v) is 4.82. The molecule has 18 heavy (non-hydrogen) atoms. The van der Waals surface area contributed by atoms with E-state index in [-0.39, 0.29) is 5.82 Å². The lowest BCUT2D eigenvalue weighted by Gasteiger charge is -2.14. The van der Waals surface area contributed by atoms with Crippen molar-refractivity contribution in [3.63, 3.8) is 0 Å². The summed E-state index contributed by atoms with van der Waals surface area (Å²) in [4.78, 5) is 4.20. The normalized spacial score (nSPS) is 19.3. The fourth-order valence-corrected chi connectivity index (χ4v) is 2.57. The Hall–Kier alpha value is -1.68. The zero-order valence-electron chi connectivity index (χ0n) is 10.4. The molecule has 0 aliphatic carbocycles. The number of nitrogens with one attached hydrogen (secondary N) is 1. The molecule has 2 heterocycles. The maximum Gasteiger partial charge on any atom is 0.125 e. The molecule has 0 spiro atoms. The van der Waals surface area contributed by atoms with Crippen molar-refractivity contribution in [1.29, 1.82) is 0 Å².